The van der Waals surface area contributed by atoms with Crippen LogP contribution in [-0.4, -0.2) is 26.7 Å². The minimum atomic E-state index is -0.471. The first-order valence-corrected chi connectivity index (χ1v) is 15.9. The lowest BCUT2D eigenvalue weighted by Crippen LogP contribution is -2.35. The minimum absolute atomic E-state index is 0.0328. The van der Waals surface area contributed by atoms with E-state index < -0.39 is 6.04 Å². The van der Waals surface area contributed by atoms with E-state index in [1.165, 1.54) is 0 Å². The van der Waals surface area contributed by atoms with Crippen molar-refractivity contribution in [1.29, 1.82) is 0 Å². The van der Waals surface area contributed by atoms with Crippen molar-refractivity contribution in [3.8, 4) is 33.8 Å². The Kier molecular flexibility index (Phi) is 7.53. The molecule has 1 aliphatic heterocycles. The van der Waals surface area contributed by atoms with E-state index in [0.717, 1.165) is 78.3 Å². The Morgan fingerprint density at radius 3 is 2.28 bits per heavy atom. The van der Waals surface area contributed by atoms with Gasteiger partial charge in [-0.3, -0.25) is 4.98 Å². The molecule has 0 radical (unpaired) electrons. The average molecular weight is 627 g/mol. The first kappa shape index (κ1) is 28.8. The van der Waals surface area contributed by atoms with Gasteiger partial charge in [-0.1, -0.05) is 91.0 Å². The minimum Gasteiger partial charge on any atom is -0.379 e. The predicted molar refractivity (Wildman–Crippen MR) is 196 cm³/mol. The normalized spacial score (nSPS) is 17.7. The zero-order chi connectivity index (χ0) is 31.7. The summed E-state index contributed by atoms with van der Waals surface area (Å²) in [4.78, 5) is 14.7. The molecule has 6 nitrogen and oxygen atoms in total. The number of hydrogen-bond acceptors (Lipinski definition) is 7. The largest absolute Gasteiger partial charge is 0.379 e. The monoisotopic (exact) mass is 626 g/mol. The molecule has 0 saturated heterocycles. The topological polar surface area (TPSA) is 89.1 Å². The highest BCUT2D eigenvalue weighted by Crippen LogP contribution is 2.39. The summed E-state index contributed by atoms with van der Waals surface area (Å²) in [6, 6.07) is 36.5. The van der Waals surface area contributed by atoms with E-state index in [9.17, 15) is 0 Å². The molecule has 2 unspecified atom stereocenters. The number of pyridine rings is 3. The van der Waals surface area contributed by atoms with Crippen LogP contribution >= 0.6 is 12.8 Å². The van der Waals surface area contributed by atoms with Gasteiger partial charge in [0, 0.05) is 28.3 Å². The molecule has 6 aromatic rings. The molecule has 47 heavy (non-hydrogen) atoms. The van der Waals surface area contributed by atoms with E-state index in [1.807, 2.05) is 72.9 Å². The molecule has 7 heteroatoms. The summed E-state index contributed by atoms with van der Waals surface area (Å²) in [5.41, 5.74) is 19.2. The molecule has 1 aliphatic carbocycles. The average Bonchev–Trinajstić information content (AvgIpc) is 3.15. The number of dihydropyridines is 1. The number of thiol groups is 1. The number of aromatic nitrogens is 3. The van der Waals surface area contributed by atoms with Crippen molar-refractivity contribution in [3.63, 3.8) is 0 Å². The summed E-state index contributed by atoms with van der Waals surface area (Å²) in [7, 11) is 0. The SMILES string of the molecule is NC1C(c2ccc(-c3cc(-c4ccccn4)nc(C4C=CC=CN4)c3)cc2)=Cc2c(-c3ccccc3)nc3ccccc3c2/C1=N/S. The zero-order valence-electron chi connectivity index (χ0n) is 25.3. The van der Waals surface area contributed by atoms with Gasteiger partial charge in [-0.15, -0.1) is 0 Å². The van der Waals surface area contributed by atoms with Gasteiger partial charge in [-0.2, -0.15) is 0 Å². The number of nitrogens with zero attached hydrogens (tertiary/aromatic N) is 4. The predicted octanol–water partition coefficient (Wildman–Crippen LogP) is 8.26. The lowest BCUT2D eigenvalue weighted by molar-refractivity contribution is 0.722. The maximum Gasteiger partial charge on any atom is 0.0896 e. The second-order valence-electron chi connectivity index (χ2n) is 11.5. The number of hydrogen-bond donors (Lipinski definition) is 3. The summed E-state index contributed by atoms with van der Waals surface area (Å²) in [6.07, 6.45) is 12.0. The molecule has 0 fully saturated rings. The summed E-state index contributed by atoms with van der Waals surface area (Å²) in [6.45, 7) is 0. The molecule has 8 rings (SSSR count). The van der Waals surface area contributed by atoms with Gasteiger partial charge in [-0.05, 0) is 83.8 Å². The fraction of sp³-hybridized carbons (Fsp3) is 0.0500. The molecule has 0 amide bonds. The number of benzene rings is 3. The van der Waals surface area contributed by atoms with Crippen molar-refractivity contribution < 1.29 is 0 Å². The van der Waals surface area contributed by atoms with E-state index in [0.29, 0.717) is 0 Å². The van der Waals surface area contributed by atoms with Crippen molar-refractivity contribution in [2.45, 2.75) is 12.1 Å². The van der Waals surface area contributed by atoms with Gasteiger partial charge in [0.2, 0.25) is 0 Å². The van der Waals surface area contributed by atoms with Gasteiger partial charge >= 0.3 is 0 Å². The van der Waals surface area contributed by atoms with Crippen LogP contribution in [0.5, 0.6) is 0 Å². The molecule has 2 atom stereocenters. The van der Waals surface area contributed by atoms with Gasteiger partial charge < -0.3 is 11.1 Å². The Balaban J connectivity index is 1.24. The van der Waals surface area contributed by atoms with Crippen molar-refractivity contribution in [2.24, 2.45) is 10.1 Å². The smallest absolute Gasteiger partial charge is 0.0896 e. The van der Waals surface area contributed by atoms with E-state index in [2.05, 4.69) is 94.3 Å². The lowest BCUT2D eigenvalue weighted by Gasteiger charge is -2.27. The molecule has 3 aromatic carbocycles. The molecule has 0 spiro atoms. The van der Waals surface area contributed by atoms with Crippen LogP contribution < -0.4 is 11.1 Å². The molecule has 2 aliphatic rings. The lowest BCUT2D eigenvalue weighted by atomic mass is 9.80. The highest BCUT2D eigenvalue weighted by molar-refractivity contribution is 7.79. The number of nitrogens with one attached hydrogen (secondary N) is 1. The maximum atomic E-state index is 6.99. The first-order chi connectivity index (χ1) is 23.2. The molecule has 0 saturated carbocycles. The summed E-state index contributed by atoms with van der Waals surface area (Å²) >= 11 is 4.44. The number of allylic oxidation sites excluding steroid dienone is 2. The Hall–Kier alpha value is -5.63. The molecule has 3 N–H and O–H groups in total. The third-order valence-corrected chi connectivity index (χ3v) is 8.92. The van der Waals surface area contributed by atoms with Gasteiger partial charge in [0.15, 0.2) is 0 Å². The quantitative estimate of drug-likeness (QED) is 0.168. The molecule has 0 bridgehead atoms. The van der Waals surface area contributed by atoms with Crippen LogP contribution in [0, 0.1) is 0 Å². The van der Waals surface area contributed by atoms with Crippen LogP contribution in [0.3, 0.4) is 0 Å². The van der Waals surface area contributed by atoms with E-state index in [1.54, 1.807) is 6.20 Å². The maximum absolute atomic E-state index is 6.99. The van der Waals surface area contributed by atoms with E-state index >= 15 is 0 Å². The fourth-order valence-electron chi connectivity index (χ4n) is 6.39. The third-order valence-electron chi connectivity index (χ3n) is 8.70. The number of para-hydroxylation sites is 1. The first-order valence-electron chi connectivity index (χ1n) is 15.5. The Bertz CT molecular complexity index is 2240. The van der Waals surface area contributed by atoms with Crippen LogP contribution in [0.15, 0.2) is 144 Å². The van der Waals surface area contributed by atoms with Crippen molar-refractivity contribution in [1.82, 2.24) is 20.3 Å². The molecular formula is C40H30N6S. The second kappa shape index (κ2) is 12.3. The fourth-order valence-corrected chi connectivity index (χ4v) is 6.61. The molecule has 3 aromatic heterocycles. The van der Waals surface area contributed by atoms with Crippen LogP contribution in [0.1, 0.15) is 28.4 Å². The summed E-state index contributed by atoms with van der Waals surface area (Å²) in [5, 5.41) is 4.41. The van der Waals surface area contributed by atoms with Gasteiger partial charge in [-0.25, -0.2) is 14.4 Å². The second-order valence-corrected chi connectivity index (χ2v) is 11.7. The van der Waals surface area contributed by atoms with Crippen LogP contribution in [-0.2, 0) is 0 Å². The number of rotatable bonds is 5. The van der Waals surface area contributed by atoms with E-state index in [-0.39, 0.29) is 6.04 Å². The highest BCUT2D eigenvalue weighted by atomic mass is 32.1. The van der Waals surface area contributed by atoms with E-state index in [4.69, 9.17) is 15.7 Å². The van der Waals surface area contributed by atoms with Gasteiger partial charge in [0.25, 0.3) is 0 Å². The standard InChI is InChI=1S/C40H30N6S/c41-38-30(24-31-37(40(38)46-47)29-12-4-5-13-32(29)45-39(31)27-10-2-1-3-11-27)26-18-16-25(17-19-26)28-22-35(33-14-6-8-20-42-33)44-36(23-28)34-15-7-9-21-43-34/h1-24,33,38,42,47H,41H2/b46-40-. The molecular weight excluding hydrogens is 597 g/mol. The highest BCUT2D eigenvalue weighted by Gasteiger charge is 2.30. The van der Waals surface area contributed by atoms with Gasteiger partial charge in [0.1, 0.15) is 0 Å². The van der Waals surface area contributed by atoms with Crippen molar-refractivity contribution in [3.05, 3.63) is 162 Å². The zero-order valence-corrected chi connectivity index (χ0v) is 26.2. The molecule has 4 heterocycles. The van der Waals surface area contributed by atoms with Crippen LogP contribution in [0.25, 0.3) is 56.3 Å². The van der Waals surface area contributed by atoms with Crippen molar-refractivity contribution in [2.75, 3.05) is 0 Å². The third kappa shape index (κ3) is 5.35. The van der Waals surface area contributed by atoms with Gasteiger partial charge in [0.05, 0.1) is 46.1 Å². The Labute approximate surface area is 278 Å². The number of fused-ring (bicyclic) bond motifs is 3. The summed E-state index contributed by atoms with van der Waals surface area (Å²) < 4.78 is 4.48. The number of nitrogens with two attached hydrogens (primary N) is 1. The molecule has 226 valence electrons. The van der Waals surface area contributed by atoms with Crippen molar-refractivity contribution >= 4 is 41.1 Å². The van der Waals surface area contributed by atoms with Crippen LogP contribution in [0.4, 0.5) is 0 Å². The Morgan fingerprint density at radius 2 is 1.51 bits per heavy atom. The Morgan fingerprint density at radius 1 is 0.723 bits per heavy atom. The van der Waals surface area contributed by atoms with Crippen LogP contribution in [0.2, 0.25) is 0 Å². The summed E-state index contributed by atoms with van der Waals surface area (Å²) in [5.74, 6) is 0.